The van der Waals surface area contributed by atoms with Crippen LogP contribution < -0.4 is 0 Å². The summed E-state index contributed by atoms with van der Waals surface area (Å²) < 4.78 is 0. The second-order valence-corrected chi connectivity index (χ2v) is 7.44. The summed E-state index contributed by atoms with van der Waals surface area (Å²) in [7, 11) is 0. The molecule has 0 unspecified atom stereocenters. The van der Waals surface area contributed by atoms with Crippen LogP contribution in [0.25, 0.3) is 0 Å². The van der Waals surface area contributed by atoms with Crippen LogP contribution in [0.4, 0.5) is 0 Å². The van der Waals surface area contributed by atoms with Gasteiger partial charge in [-0.1, -0.05) is 44.5 Å². The predicted molar refractivity (Wildman–Crippen MR) is 87.7 cm³/mol. The lowest BCUT2D eigenvalue weighted by Crippen LogP contribution is -2.25. The number of Topliss-reactive ketones (excluding diaryl/α,β-unsaturated/α-hetero) is 1. The Kier molecular flexibility index (Phi) is 4.47. The molecule has 0 heterocycles. The van der Waals surface area contributed by atoms with E-state index in [0.29, 0.717) is 11.7 Å². The third-order valence-corrected chi connectivity index (χ3v) is 5.86. The molecule has 0 aromatic heterocycles. The molecule has 0 aliphatic heterocycles. The molecule has 0 radical (unpaired) electrons. The molecule has 1 aromatic rings. The van der Waals surface area contributed by atoms with Gasteiger partial charge in [-0.15, -0.1) is 0 Å². The van der Waals surface area contributed by atoms with Gasteiger partial charge in [0.15, 0.2) is 5.78 Å². The molecule has 2 fully saturated rings. The molecule has 114 valence electrons. The third kappa shape index (κ3) is 3.07. The third-order valence-electron chi connectivity index (χ3n) is 5.86. The van der Waals surface area contributed by atoms with Crippen LogP contribution in [0.2, 0.25) is 0 Å². The summed E-state index contributed by atoms with van der Waals surface area (Å²) in [5.74, 6) is 2.96. The summed E-state index contributed by atoms with van der Waals surface area (Å²) in [4.78, 5) is 12.9. The summed E-state index contributed by atoms with van der Waals surface area (Å²) in [5.41, 5.74) is 2.37. The summed E-state index contributed by atoms with van der Waals surface area (Å²) >= 11 is 0. The van der Waals surface area contributed by atoms with Crippen molar-refractivity contribution in [2.45, 2.75) is 64.7 Å². The molecule has 21 heavy (non-hydrogen) atoms. The molecular weight excluding hydrogens is 256 g/mol. The van der Waals surface area contributed by atoms with Crippen LogP contribution in [0.15, 0.2) is 24.3 Å². The van der Waals surface area contributed by atoms with Crippen molar-refractivity contribution < 1.29 is 4.79 Å². The van der Waals surface area contributed by atoms with Gasteiger partial charge in [-0.05, 0) is 61.8 Å². The maximum Gasteiger partial charge on any atom is 0.166 e. The zero-order valence-electron chi connectivity index (χ0n) is 13.5. The summed E-state index contributed by atoms with van der Waals surface area (Å²) in [6.45, 7) is 4.64. The highest BCUT2D eigenvalue weighted by Crippen LogP contribution is 2.40. The first kappa shape index (κ1) is 14.8. The Hall–Kier alpha value is -1.11. The second-order valence-electron chi connectivity index (χ2n) is 7.44. The minimum atomic E-state index is 0.279. The number of hydrogen-bond acceptors (Lipinski definition) is 1. The van der Waals surface area contributed by atoms with Crippen molar-refractivity contribution in [2.75, 3.05) is 0 Å². The number of carbonyl (C=O) groups is 1. The fourth-order valence-electron chi connectivity index (χ4n) is 4.06. The zero-order valence-corrected chi connectivity index (χ0v) is 13.5. The van der Waals surface area contributed by atoms with Gasteiger partial charge in [-0.25, -0.2) is 0 Å². The fourth-order valence-corrected chi connectivity index (χ4v) is 4.06. The molecule has 0 N–H and O–H groups in total. The van der Waals surface area contributed by atoms with Gasteiger partial charge in [-0.2, -0.15) is 0 Å². The number of rotatable bonds is 4. The lowest BCUT2D eigenvalue weighted by atomic mass is 9.72. The van der Waals surface area contributed by atoms with Gasteiger partial charge in [0, 0.05) is 11.5 Å². The first-order valence-electron chi connectivity index (χ1n) is 8.80. The molecule has 2 aliphatic carbocycles. The van der Waals surface area contributed by atoms with Crippen LogP contribution in [0.5, 0.6) is 0 Å². The Morgan fingerprint density at radius 1 is 1.00 bits per heavy atom. The quantitative estimate of drug-likeness (QED) is 0.658. The Bertz CT molecular complexity index is 490. The van der Waals surface area contributed by atoms with Crippen molar-refractivity contribution >= 4 is 5.78 Å². The average molecular weight is 284 g/mol. The highest BCUT2D eigenvalue weighted by Gasteiger charge is 2.31. The van der Waals surface area contributed by atoms with Gasteiger partial charge in [0.25, 0.3) is 0 Å². The molecule has 2 saturated carbocycles. The summed E-state index contributed by atoms with van der Waals surface area (Å²) in [6.07, 6.45) is 8.53. The van der Waals surface area contributed by atoms with Crippen molar-refractivity contribution in [1.29, 1.82) is 0 Å². The van der Waals surface area contributed by atoms with Gasteiger partial charge >= 0.3 is 0 Å². The maximum atomic E-state index is 12.9. The van der Waals surface area contributed by atoms with Gasteiger partial charge in [0.1, 0.15) is 0 Å². The Labute approximate surface area is 129 Å². The lowest BCUT2D eigenvalue weighted by molar-refractivity contribution is 0.0857. The van der Waals surface area contributed by atoms with Gasteiger partial charge in [-0.3, -0.25) is 4.79 Å². The molecule has 0 spiro atoms. The van der Waals surface area contributed by atoms with E-state index in [1.54, 1.807) is 0 Å². The summed E-state index contributed by atoms with van der Waals surface area (Å²) in [5, 5.41) is 0. The second kappa shape index (κ2) is 6.34. The van der Waals surface area contributed by atoms with Gasteiger partial charge in [0.2, 0.25) is 0 Å². The Morgan fingerprint density at radius 3 is 2.24 bits per heavy atom. The molecular formula is C20H28O. The molecule has 2 aliphatic rings. The molecule has 1 heteroatoms. The van der Waals surface area contributed by atoms with Crippen molar-refractivity contribution in [2.24, 2.45) is 17.8 Å². The Balaban J connectivity index is 1.71. The average Bonchev–Trinajstić information content (AvgIpc) is 2.45. The van der Waals surface area contributed by atoms with E-state index in [1.807, 2.05) is 6.07 Å². The van der Waals surface area contributed by atoms with Crippen LogP contribution in [0.3, 0.4) is 0 Å². The van der Waals surface area contributed by atoms with Crippen molar-refractivity contribution in [1.82, 2.24) is 0 Å². The molecule has 0 bridgehead atoms. The minimum absolute atomic E-state index is 0.279. The zero-order chi connectivity index (χ0) is 14.8. The monoisotopic (exact) mass is 284 g/mol. The van der Waals surface area contributed by atoms with Crippen LogP contribution in [0.1, 0.15) is 80.6 Å². The summed E-state index contributed by atoms with van der Waals surface area (Å²) in [6, 6.07) is 8.40. The van der Waals surface area contributed by atoms with Crippen LogP contribution in [0, 0.1) is 17.8 Å². The van der Waals surface area contributed by atoms with Crippen LogP contribution in [-0.4, -0.2) is 5.78 Å². The normalized spacial score (nSPS) is 26.6. The van der Waals surface area contributed by atoms with Crippen molar-refractivity contribution in [3.05, 3.63) is 35.4 Å². The van der Waals surface area contributed by atoms with Crippen molar-refractivity contribution in [3.63, 3.8) is 0 Å². The minimum Gasteiger partial charge on any atom is -0.294 e. The first-order chi connectivity index (χ1) is 10.2. The maximum absolute atomic E-state index is 12.9. The smallest absolute Gasteiger partial charge is 0.166 e. The van der Waals surface area contributed by atoms with E-state index in [-0.39, 0.29) is 5.92 Å². The number of hydrogen-bond donors (Lipinski definition) is 0. The molecule has 0 saturated heterocycles. The largest absolute Gasteiger partial charge is 0.294 e. The first-order valence-corrected chi connectivity index (χ1v) is 8.80. The molecule has 3 rings (SSSR count). The van der Waals surface area contributed by atoms with Crippen LogP contribution >= 0.6 is 0 Å². The molecule has 0 amide bonds. The van der Waals surface area contributed by atoms with E-state index in [4.69, 9.17) is 0 Å². The fraction of sp³-hybridized carbons (Fsp3) is 0.650. The number of benzene rings is 1. The van der Waals surface area contributed by atoms with Gasteiger partial charge in [0.05, 0.1) is 0 Å². The van der Waals surface area contributed by atoms with Gasteiger partial charge < -0.3 is 0 Å². The molecule has 0 atom stereocenters. The number of ketones is 1. The van der Waals surface area contributed by atoms with E-state index in [2.05, 4.69) is 32.0 Å². The van der Waals surface area contributed by atoms with E-state index in [1.165, 1.54) is 37.7 Å². The topological polar surface area (TPSA) is 17.1 Å². The Morgan fingerprint density at radius 2 is 1.67 bits per heavy atom. The molecule has 1 aromatic carbocycles. The predicted octanol–water partition coefficient (Wildman–Crippen LogP) is 5.60. The lowest BCUT2D eigenvalue weighted by Gasteiger charge is -2.32. The van der Waals surface area contributed by atoms with E-state index in [0.717, 1.165) is 30.2 Å². The van der Waals surface area contributed by atoms with E-state index < -0.39 is 0 Å². The standard InChI is InChI=1S/C20H28O/c1-14(2)15-10-12-17(13-11-15)20(21)19-9-4-3-8-18(19)16-6-5-7-16/h3-4,8-9,14-17H,5-7,10-13H2,1-2H3. The SMILES string of the molecule is CC(C)C1CCC(C(=O)c2ccccc2C2CCC2)CC1. The highest BCUT2D eigenvalue weighted by atomic mass is 16.1. The number of carbonyl (C=O) groups excluding carboxylic acids is 1. The molecule has 1 nitrogen and oxygen atoms in total. The highest BCUT2D eigenvalue weighted by molar-refractivity contribution is 5.99. The van der Waals surface area contributed by atoms with E-state index in [9.17, 15) is 4.79 Å². The van der Waals surface area contributed by atoms with Crippen LogP contribution in [-0.2, 0) is 0 Å². The van der Waals surface area contributed by atoms with Crippen molar-refractivity contribution in [3.8, 4) is 0 Å². The van der Waals surface area contributed by atoms with E-state index >= 15 is 0 Å².